The lowest BCUT2D eigenvalue weighted by atomic mass is 9.30. The minimum absolute atomic E-state index is 0.158. The lowest BCUT2D eigenvalue weighted by Crippen LogP contribution is -2.64. The Hall–Kier alpha value is -10.6. The maximum absolute atomic E-state index is 18.1. The lowest BCUT2D eigenvalue weighted by Gasteiger charge is -2.46. The van der Waals surface area contributed by atoms with Crippen molar-refractivity contribution < 1.29 is 17.9 Å². The first-order valence-corrected chi connectivity index (χ1v) is 34.6. The molecule has 6 heterocycles. The number of halogens is 3. The molecule has 12 aromatic carbocycles. The summed E-state index contributed by atoms with van der Waals surface area (Å²) in [5.74, 6) is 0.166. The summed E-state index contributed by atoms with van der Waals surface area (Å²) in [7, 11) is 0. The second-order valence-electron chi connectivity index (χ2n) is 31.8. The summed E-state index contributed by atoms with van der Waals surface area (Å²) in [5.41, 5.74) is 21.0. The molecule has 0 spiro atoms. The molecule has 0 unspecified atom stereocenters. The fourth-order valence-electron chi connectivity index (χ4n) is 16.5. The van der Waals surface area contributed by atoms with Gasteiger partial charge in [0.25, 0.3) is 13.4 Å². The molecule has 0 saturated heterocycles. The average molecular weight is 1300 g/mol. The van der Waals surface area contributed by atoms with Gasteiger partial charge in [0, 0.05) is 61.7 Å². The van der Waals surface area contributed by atoms with E-state index in [9.17, 15) is 0 Å². The molecule has 0 aliphatic carbocycles. The molecule has 0 bridgehead atoms. The third-order valence-electron chi connectivity index (χ3n) is 21.5. The summed E-state index contributed by atoms with van der Waals surface area (Å²) >= 11 is 0. The molecule has 0 atom stereocenters. The van der Waals surface area contributed by atoms with Gasteiger partial charge in [-0.2, -0.15) is 0 Å². The van der Waals surface area contributed by atoms with Crippen molar-refractivity contribution in [2.75, 3.05) is 14.7 Å². The van der Waals surface area contributed by atoms with Crippen LogP contribution in [0.2, 0.25) is 0 Å². The number of anilines is 9. The first kappa shape index (κ1) is 60.7. The summed E-state index contributed by atoms with van der Waals surface area (Å²) in [5, 5.41) is 4.44. The van der Waals surface area contributed by atoms with Gasteiger partial charge in [0.05, 0.1) is 50.5 Å². The van der Waals surface area contributed by atoms with Crippen molar-refractivity contribution in [3.8, 4) is 22.9 Å². The van der Waals surface area contributed by atoms with E-state index in [1.807, 2.05) is 48.5 Å². The standard InChI is InChI=1S/C88H74B2F3N5O/c1-85(2,3)51-33-37-57-58-38-34-52(86(4,5)6)42-73(58)94(72(57)41-51)55-45-78-83-79(46-55)97(70-30-20-16-26-66(70)92)76-50-77-64(49-63(76)89(83)61-23-13-18-28-68(61)96(78)69-29-19-15-25-65(69)91)90-62-24-14-22-32-81(62)99-82-48-56(47-80(84(82)90)98(77)71-31-21-17-27-67(71)93)95-74-43-53(87(7,8)9)35-39-59(74)60-40-36-54(44-75(60)95)88(10,11)12/h13-50H,1-12H3. The van der Waals surface area contributed by atoms with Crippen LogP contribution in [0.25, 0.3) is 55.0 Å². The Labute approximate surface area is 577 Å². The van der Waals surface area contributed by atoms with Crippen molar-refractivity contribution >= 4 is 141 Å². The van der Waals surface area contributed by atoms with Crippen LogP contribution >= 0.6 is 0 Å². The van der Waals surface area contributed by atoms with Gasteiger partial charge in [0.15, 0.2) is 0 Å². The normalized spacial score (nSPS) is 14.0. The monoisotopic (exact) mass is 1300 g/mol. The molecule has 0 fully saturated rings. The number of rotatable bonds is 5. The Bertz CT molecular complexity index is 5670. The van der Waals surface area contributed by atoms with Crippen LogP contribution in [-0.4, -0.2) is 22.6 Å². The molecular formula is C88H74B2F3N5O. The van der Waals surface area contributed by atoms with Crippen molar-refractivity contribution in [1.82, 2.24) is 9.13 Å². The van der Waals surface area contributed by atoms with E-state index in [0.717, 1.165) is 122 Å². The van der Waals surface area contributed by atoms with E-state index in [-0.39, 0.29) is 27.5 Å². The quantitative estimate of drug-likeness (QED) is 0.161. The Morgan fingerprint density at radius 1 is 0.273 bits per heavy atom. The van der Waals surface area contributed by atoms with Gasteiger partial charge >= 0.3 is 0 Å². The molecule has 6 nitrogen and oxygen atoms in total. The van der Waals surface area contributed by atoms with Crippen LogP contribution < -0.4 is 52.2 Å². The Morgan fingerprint density at radius 3 is 1.01 bits per heavy atom. The molecule has 0 saturated carbocycles. The first-order chi connectivity index (χ1) is 47.4. The van der Waals surface area contributed by atoms with Crippen LogP contribution in [0.5, 0.6) is 11.5 Å². The molecule has 4 aliphatic rings. The fourth-order valence-corrected chi connectivity index (χ4v) is 16.5. The predicted molar refractivity (Wildman–Crippen MR) is 410 cm³/mol. The van der Waals surface area contributed by atoms with E-state index >= 15 is 13.2 Å². The molecule has 2 aromatic heterocycles. The van der Waals surface area contributed by atoms with E-state index in [0.29, 0.717) is 28.5 Å². The summed E-state index contributed by atoms with van der Waals surface area (Å²) in [6.45, 7) is 26.1. The van der Waals surface area contributed by atoms with E-state index in [1.165, 1.54) is 40.5 Å². The Balaban J connectivity index is 0.976. The second kappa shape index (κ2) is 21.2. The molecule has 0 radical (unpaired) electrons. The van der Waals surface area contributed by atoms with Gasteiger partial charge in [0.1, 0.15) is 29.0 Å². The van der Waals surface area contributed by atoms with Crippen LogP contribution in [0.4, 0.5) is 64.4 Å². The van der Waals surface area contributed by atoms with Crippen molar-refractivity contribution in [2.24, 2.45) is 0 Å². The molecule has 99 heavy (non-hydrogen) atoms. The second-order valence-corrected chi connectivity index (χ2v) is 31.8. The highest BCUT2D eigenvalue weighted by Crippen LogP contribution is 2.52. The van der Waals surface area contributed by atoms with E-state index in [4.69, 9.17) is 4.74 Å². The number of benzene rings is 12. The average Bonchev–Trinajstić information content (AvgIpc) is 1.42. The third kappa shape index (κ3) is 9.11. The van der Waals surface area contributed by atoms with Crippen LogP contribution in [0.1, 0.15) is 105 Å². The van der Waals surface area contributed by atoms with Crippen molar-refractivity contribution in [1.29, 1.82) is 0 Å². The molecule has 4 aliphatic heterocycles. The first-order valence-electron chi connectivity index (χ1n) is 34.6. The number of nitrogens with zero attached hydrogens (tertiary/aromatic N) is 5. The Kier molecular flexibility index (Phi) is 13.0. The number of para-hydroxylation sites is 5. The van der Waals surface area contributed by atoms with Crippen LogP contribution in [0, 0.1) is 17.5 Å². The molecule has 0 amide bonds. The van der Waals surface area contributed by atoms with E-state index < -0.39 is 25.1 Å². The van der Waals surface area contributed by atoms with Gasteiger partial charge in [-0.1, -0.05) is 210 Å². The number of fused-ring (bicyclic) bond motifs is 14. The third-order valence-corrected chi connectivity index (χ3v) is 21.5. The van der Waals surface area contributed by atoms with Crippen molar-refractivity contribution in [2.45, 2.75) is 105 Å². The fraction of sp³-hybridized carbons (Fsp3) is 0.182. The smallest absolute Gasteiger partial charge is 0.256 e. The highest BCUT2D eigenvalue weighted by molar-refractivity contribution is 7.02. The molecule has 14 aromatic rings. The van der Waals surface area contributed by atoms with Gasteiger partial charge in [-0.15, -0.1) is 0 Å². The maximum atomic E-state index is 18.1. The zero-order valence-corrected chi connectivity index (χ0v) is 57.9. The minimum Gasteiger partial charge on any atom is -0.458 e. The molecular weight excluding hydrogens is 1220 g/mol. The summed E-state index contributed by atoms with van der Waals surface area (Å²) in [6.07, 6.45) is 0. The highest BCUT2D eigenvalue weighted by atomic mass is 19.1. The molecule has 11 heteroatoms. The van der Waals surface area contributed by atoms with Gasteiger partial charge in [0.2, 0.25) is 0 Å². The number of aromatic nitrogens is 2. The molecule has 0 N–H and O–H groups in total. The van der Waals surface area contributed by atoms with Gasteiger partial charge in [-0.05, 0) is 174 Å². The Morgan fingerprint density at radius 2 is 0.606 bits per heavy atom. The molecule has 18 rings (SSSR count). The van der Waals surface area contributed by atoms with Gasteiger partial charge < -0.3 is 28.6 Å². The topological polar surface area (TPSA) is 28.8 Å². The van der Waals surface area contributed by atoms with Crippen molar-refractivity contribution in [3.05, 3.63) is 270 Å². The van der Waals surface area contributed by atoms with Crippen LogP contribution in [0.15, 0.2) is 231 Å². The minimum atomic E-state index is -0.490. The van der Waals surface area contributed by atoms with Crippen molar-refractivity contribution in [3.63, 3.8) is 0 Å². The van der Waals surface area contributed by atoms with Gasteiger partial charge in [-0.3, -0.25) is 0 Å². The highest BCUT2D eigenvalue weighted by Gasteiger charge is 2.49. The van der Waals surface area contributed by atoms with Crippen LogP contribution in [-0.2, 0) is 21.7 Å². The predicted octanol–water partition coefficient (Wildman–Crippen LogP) is 20.0. The van der Waals surface area contributed by atoms with E-state index in [2.05, 4.69) is 253 Å². The number of hydrogen-bond donors (Lipinski definition) is 0. The SMILES string of the molecule is CC(C)(C)c1ccc2c3ccc(C(C)(C)C)cc3n(-c3cc4c5c(c3)N(c3ccccc3F)c3cc6c(cc3B5c3ccccc3O4)B3c4ccccc4N(c4ccccc4F)c4cc(-n5c7cc(C(C)(C)C)ccc7c7ccc(C(C)(C)C)cc75)cc(c43)N6c3ccccc3F)c2c1. The zero-order chi connectivity index (χ0) is 68.2. The largest absolute Gasteiger partial charge is 0.458 e. The van der Waals surface area contributed by atoms with E-state index in [1.54, 1.807) is 18.2 Å². The number of ether oxygens (including phenoxy) is 1. The number of hydrogen-bond acceptors (Lipinski definition) is 4. The summed E-state index contributed by atoms with van der Waals surface area (Å²) in [4.78, 5) is 6.28. The maximum Gasteiger partial charge on any atom is 0.256 e. The summed E-state index contributed by atoms with van der Waals surface area (Å²) < 4.78 is 65.4. The summed E-state index contributed by atoms with van der Waals surface area (Å²) in [6, 6.07) is 78.5. The molecule has 484 valence electrons. The lowest BCUT2D eigenvalue weighted by molar-refractivity contribution is 0.487. The van der Waals surface area contributed by atoms with Gasteiger partial charge in [-0.25, -0.2) is 13.2 Å². The zero-order valence-electron chi connectivity index (χ0n) is 57.9. The van der Waals surface area contributed by atoms with Crippen LogP contribution in [0.3, 0.4) is 0 Å².